The highest BCUT2D eigenvalue weighted by molar-refractivity contribution is 5.81. The van der Waals surface area contributed by atoms with Crippen molar-refractivity contribution in [2.75, 3.05) is 32.7 Å². The van der Waals surface area contributed by atoms with Crippen molar-refractivity contribution < 1.29 is 9.53 Å². The van der Waals surface area contributed by atoms with Gasteiger partial charge in [0.25, 0.3) is 0 Å². The number of carbonyl (C=O) groups is 1. The number of hydrogen-bond acceptors (Lipinski definition) is 4. The lowest BCUT2D eigenvalue weighted by Crippen LogP contribution is -2.61. The zero-order chi connectivity index (χ0) is 9.26. The van der Waals surface area contributed by atoms with Gasteiger partial charge >= 0.3 is 5.97 Å². The van der Waals surface area contributed by atoms with E-state index in [1.807, 2.05) is 0 Å². The fourth-order valence-electron chi connectivity index (χ4n) is 1.86. The number of esters is 1. The van der Waals surface area contributed by atoms with E-state index in [4.69, 9.17) is 4.74 Å². The molecule has 4 heteroatoms. The molecule has 13 heavy (non-hydrogen) atoms. The van der Waals surface area contributed by atoms with Gasteiger partial charge in [-0.1, -0.05) is 6.58 Å². The highest BCUT2D eigenvalue weighted by Gasteiger charge is 2.33. The highest BCUT2D eigenvalue weighted by atomic mass is 16.6. The van der Waals surface area contributed by atoms with Gasteiger partial charge < -0.3 is 4.74 Å². The Labute approximate surface area is 77.8 Å². The summed E-state index contributed by atoms with van der Waals surface area (Å²) in [6.07, 6.45) is 1.17. The van der Waals surface area contributed by atoms with E-state index in [9.17, 15) is 4.79 Å². The Balaban J connectivity index is 1.93. The largest absolute Gasteiger partial charge is 0.442 e. The molecule has 0 aliphatic carbocycles. The fourth-order valence-corrected chi connectivity index (χ4v) is 1.86. The predicted octanol–water partition coefficient (Wildman–Crippen LogP) is -0.327. The van der Waals surface area contributed by atoms with E-state index in [0.29, 0.717) is 0 Å². The Kier molecular flexibility index (Phi) is 2.33. The zero-order valence-corrected chi connectivity index (χ0v) is 7.61. The summed E-state index contributed by atoms with van der Waals surface area (Å²) in [6.45, 7) is 8.45. The smallest absolute Gasteiger partial charge is 0.331 e. The Hall–Kier alpha value is -0.870. The summed E-state index contributed by atoms with van der Waals surface area (Å²) in [5.41, 5.74) is 0. The normalized spacial score (nSPS) is 37.1. The van der Waals surface area contributed by atoms with Crippen molar-refractivity contribution in [1.29, 1.82) is 0 Å². The summed E-state index contributed by atoms with van der Waals surface area (Å²) in [5.74, 6) is -0.321. The SMILES string of the molecule is C=CC(=O)OC1CN2CCN1CC2. The van der Waals surface area contributed by atoms with Crippen LogP contribution in [0.5, 0.6) is 0 Å². The van der Waals surface area contributed by atoms with Crippen LogP contribution in [-0.2, 0) is 9.53 Å². The topological polar surface area (TPSA) is 32.8 Å². The average molecular weight is 182 g/mol. The molecule has 0 spiro atoms. The molecular formula is C9H14N2O2. The molecule has 3 saturated heterocycles. The maximum absolute atomic E-state index is 11.0. The van der Waals surface area contributed by atoms with Crippen molar-refractivity contribution in [3.8, 4) is 0 Å². The molecule has 0 aromatic carbocycles. The van der Waals surface area contributed by atoms with E-state index in [1.165, 1.54) is 6.08 Å². The molecular weight excluding hydrogens is 168 g/mol. The minimum absolute atomic E-state index is 0.0481. The molecule has 0 amide bonds. The molecule has 0 N–H and O–H groups in total. The predicted molar refractivity (Wildman–Crippen MR) is 48.1 cm³/mol. The Morgan fingerprint density at radius 3 is 2.54 bits per heavy atom. The summed E-state index contributed by atoms with van der Waals surface area (Å²) < 4.78 is 5.20. The van der Waals surface area contributed by atoms with Crippen LogP contribution in [0.15, 0.2) is 12.7 Å². The van der Waals surface area contributed by atoms with Crippen molar-refractivity contribution in [2.24, 2.45) is 0 Å². The minimum Gasteiger partial charge on any atom is -0.442 e. The first-order valence-corrected chi connectivity index (χ1v) is 4.59. The molecule has 0 aromatic rings. The third-order valence-electron chi connectivity index (χ3n) is 2.65. The van der Waals surface area contributed by atoms with Gasteiger partial charge in [-0.15, -0.1) is 0 Å². The van der Waals surface area contributed by atoms with E-state index in [-0.39, 0.29) is 12.2 Å². The van der Waals surface area contributed by atoms with Crippen LogP contribution in [0.2, 0.25) is 0 Å². The summed E-state index contributed by atoms with van der Waals surface area (Å²) in [7, 11) is 0. The lowest BCUT2D eigenvalue weighted by Gasteiger charge is -2.46. The monoisotopic (exact) mass is 182 g/mol. The van der Waals surface area contributed by atoms with Crippen LogP contribution in [0, 0.1) is 0 Å². The van der Waals surface area contributed by atoms with Gasteiger partial charge in [0.1, 0.15) is 0 Å². The Bertz CT molecular complexity index is 222. The van der Waals surface area contributed by atoms with Gasteiger partial charge in [-0.3, -0.25) is 9.80 Å². The fraction of sp³-hybridized carbons (Fsp3) is 0.667. The first kappa shape index (κ1) is 8.72. The number of fused-ring (bicyclic) bond motifs is 3. The molecule has 3 aliphatic rings. The van der Waals surface area contributed by atoms with Crippen molar-refractivity contribution >= 4 is 5.97 Å². The van der Waals surface area contributed by atoms with Crippen LogP contribution < -0.4 is 0 Å². The molecule has 3 rings (SSSR count). The Morgan fingerprint density at radius 1 is 1.38 bits per heavy atom. The third-order valence-corrected chi connectivity index (χ3v) is 2.65. The van der Waals surface area contributed by atoms with E-state index < -0.39 is 0 Å². The van der Waals surface area contributed by atoms with Crippen LogP contribution in [-0.4, -0.2) is 54.7 Å². The van der Waals surface area contributed by atoms with E-state index in [0.717, 1.165) is 32.7 Å². The molecule has 1 unspecified atom stereocenters. The number of ether oxygens (including phenoxy) is 1. The third kappa shape index (κ3) is 1.73. The maximum atomic E-state index is 11.0. The van der Waals surface area contributed by atoms with Crippen LogP contribution in [0.1, 0.15) is 0 Å². The molecule has 0 saturated carbocycles. The average Bonchev–Trinajstić information content (AvgIpc) is 2.19. The molecule has 3 heterocycles. The number of nitrogens with zero attached hydrogens (tertiary/aromatic N) is 2. The van der Waals surface area contributed by atoms with Gasteiger partial charge in [0.2, 0.25) is 0 Å². The quantitative estimate of drug-likeness (QED) is 0.432. The molecule has 4 nitrogen and oxygen atoms in total. The van der Waals surface area contributed by atoms with E-state index in [2.05, 4.69) is 16.4 Å². The second-order valence-electron chi connectivity index (χ2n) is 3.43. The van der Waals surface area contributed by atoms with Crippen molar-refractivity contribution in [2.45, 2.75) is 6.23 Å². The first-order chi connectivity index (χ1) is 6.29. The standard InChI is InChI=1S/C9H14N2O2/c1-2-9(12)13-8-7-10-3-5-11(8)6-4-10/h2,8H,1,3-7H2. The van der Waals surface area contributed by atoms with E-state index in [1.54, 1.807) is 0 Å². The van der Waals surface area contributed by atoms with Crippen molar-refractivity contribution in [1.82, 2.24) is 9.80 Å². The minimum atomic E-state index is -0.321. The van der Waals surface area contributed by atoms with Gasteiger partial charge in [-0.2, -0.15) is 0 Å². The van der Waals surface area contributed by atoms with Crippen molar-refractivity contribution in [3.63, 3.8) is 0 Å². The molecule has 0 radical (unpaired) electrons. The second kappa shape index (κ2) is 3.47. The molecule has 1 atom stereocenters. The van der Waals surface area contributed by atoms with Crippen molar-refractivity contribution in [3.05, 3.63) is 12.7 Å². The molecule has 3 aliphatic heterocycles. The summed E-state index contributed by atoms with van der Waals surface area (Å²) in [6, 6.07) is 0. The van der Waals surface area contributed by atoms with Crippen LogP contribution in [0.25, 0.3) is 0 Å². The van der Waals surface area contributed by atoms with Gasteiger partial charge in [0, 0.05) is 38.8 Å². The van der Waals surface area contributed by atoms with Gasteiger partial charge in [0.05, 0.1) is 0 Å². The number of rotatable bonds is 2. The number of piperazine rings is 3. The van der Waals surface area contributed by atoms with Gasteiger partial charge in [-0.05, 0) is 0 Å². The van der Waals surface area contributed by atoms with Crippen LogP contribution in [0.3, 0.4) is 0 Å². The van der Waals surface area contributed by atoms with Gasteiger partial charge in [-0.25, -0.2) is 4.79 Å². The number of carbonyl (C=O) groups excluding carboxylic acids is 1. The lowest BCUT2D eigenvalue weighted by atomic mass is 10.2. The van der Waals surface area contributed by atoms with Crippen LogP contribution >= 0.6 is 0 Å². The molecule has 3 fully saturated rings. The summed E-state index contributed by atoms with van der Waals surface area (Å²) >= 11 is 0. The first-order valence-electron chi connectivity index (χ1n) is 4.59. The molecule has 72 valence electrons. The second-order valence-corrected chi connectivity index (χ2v) is 3.43. The Morgan fingerprint density at radius 2 is 2.08 bits per heavy atom. The summed E-state index contributed by atoms with van der Waals surface area (Å²) in [4.78, 5) is 15.5. The van der Waals surface area contributed by atoms with Crippen LogP contribution in [0.4, 0.5) is 0 Å². The molecule has 2 bridgehead atoms. The molecule has 0 aromatic heterocycles. The highest BCUT2D eigenvalue weighted by Crippen LogP contribution is 2.16. The number of hydrogen-bond donors (Lipinski definition) is 0. The summed E-state index contributed by atoms with van der Waals surface area (Å²) in [5, 5.41) is 0. The zero-order valence-electron chi connectivity index (χ0n) is 7.61. The maximum Gasteiger partial charge on any atom is 0.331 e. The van der Waals surface area contributed by atoms with E-state index >= 15 is 0 Å². The lowest BCUT2D eigenvalue weighted by molar-refractivity contribution is -0.167. The van der Waals surface area contributed by atoms with Gasteiger partial charge in [0.15, 0.2) is 6.23 Å².